The van der Waals surface area contributed by atoms with Gasteiger partial charge in [0.25, 0.3) is 0 Å². The van der Waals surface area contributed by atoms with E-state index in [0.29, 0.717) is 19.5 Å². The number of nitrogens with one attached hydrogen (secondary N) is 2. The molecule has 1 aliphatic rings. The Balaban J connectivity index is 1.78. The van der Waals surface area contributed by atoms with Crippen LogP contribution in [0.2, 0.25) is 0 Å². The average molecular weight is 227 g/mol. The van der Waals surface area contributed by atoms with E-state index in [2.05, 4.69) is 15.6 Å². The maximum atomic E-state index is 11.6. The second kappa shape index (κ2) is 4.69. The number of hydrogen-bond acceptors (Lipinski definition) is 5. The van der Waals surface area contributed by atoms with Gasteiger partial charge in [-0.1, -0.05) is 0 Å². The van der Waals surface area contributed by atoms with E-state index in [1.165, 1.54) is 11.3 Å². The molecule has 6 heteroatoms. The number of thiazole rings is 1. The van der Waals surface area contributed by atoms with Gasteiger partial charge in [-0.15, -0.1) is 11.3 Å². The number of aliphatic hydroxyl groups excluding tert-OH is 1. The second-order valence-corrected chi connectivity index (χ2v) is 4.51. The summed E-state index contributed by atoms with van der Waals surface area (Å²) in [4.78, 5) is 16.5. The van der Waals surface area contributed by atoms with Crippen LogP contribution in [0.15, 0.2) is 11.7 Å². The zero-order valence-corrected chi connectivity index (χ0v) is 8.96. The van der Waals surface area contributed by atoms with Crippen LogP contribution in [0.3, 0.4) is 0 Å². The SMILES string of the molecule is O=C(NCc1cncs1)C1CC(O)CN1. The smallest absolute Gasteiger partial charge is 0.237 e. The molecular formula is C9H13N3O2S. The van der Waals surface area contributed by atoms with E-state index in [9.17, 15) is 9.90 Å². The first kappa shape index (κ1) is 10.5. The second-order valence-electron chi connectivity index (χ2n) is 3.54. The minimum absolute atomic E-state index is 0.0556. The molecule has 1 fully saturated rings. The van der Waals surface area contributed by atoms with E-state index in [0.717, 1.165) is 4.88 Å². The number of amides is 1. The van der Waals surface area contributed by atoms with Crippen molar-refractivity contribution in [3.8, 4) is 0 Å². The van der Waals surface area contributed by atoms with Gasteiger partial charge in [-0.25, -0.2) is 0 Å². The fourth-order valence-corrected chi connectivity index (χ4v) is 2.08. The third-order valence-corrected chi connectivity index (χ3v) is 3.12. The summed E-state index contributed by atoms with van der Waals surface area (Å²) < 4.78 is 0. The van der Waals surface area contributed by atoms with Crippen molar-refractivity contribution in [2.24, 2.45) is 0 Å². The minimum Gasteiger partial charge on any atom is -0.392 e. The van der Waals surface area contributed by atoms with E-state index < -0.39 is 6.10 Å². The molecule has 1 aliphatic heterocycles. The maximum absolute atomic E-state index is 11.6. The van der Waals surface area contributed by atoms with Crippen LogP contribution in [0, 0.1) is 0 Å². The highest BCUT2D eigenvalue weighted by atomic mass is 32.1. The molecule has 3 N–H and O–H groups in total. The lowest BCUT2D eigenvalue weighted by Gasteiger charge is -2.09. The molecule has 1 aromatic heterocycles. The lowest BCUT2D eigenvalue weighted by Crippen LogP contribution is -2.39. The van der Waals surface area contributed by atoms with Crippen LogP contribution in [0.4, 0.5) is 0 Å². The molecule has 82 valence electrons. The Labute approximate surface area is 91.5 Å². The van der Waals surface area contributed by atoms with Gasteiger partial charge in [-0.05, 0) is 6.42 Å². The lowest BCUT2D eigenvalue weighted by molar-refractivity contribution is -0.123. The van der Waals surface area contributed by atoms with E-state index >= 15 is 0 Å². The number of hydrogen-bond donors (Lipinski definition) is 3. The van der Waals surface area contributed by atoms with Crippen LogP contribution in [0.5, 0.6) is 0 Å². The molecule has 2 atom stereocenters. The van der Waals surface area contributed by atoms with Crippen LogP contribution in [-0.4, -0.2) is 34.7 Å². The highest BCUT2D eigenvalue weighted by Gasteiger charge is 2.27. The maximum Gasteiger partial charge on any atom is 0.237 e. The first-order valence-electron chi connectivity index (χ1n) is 4.82. The van der Waals surface area contributed by atoms with E-state index in [-0.39, 0.29) is 11.9 Å². The Morgan fingerprint density at radius 3 is 3.27 bits per heavy atom. The monoisotopic (exact) mass is 227 g/mol. The van der Waals surface area contributed by atoms with Gasteiger partial charge in [0, 0.05) is 17.6 Å². The van der Waals surface area contributed by atoms with Crippen molar-refractivity contribution in [3.05, 3.63) is 16.6 Å². The van der Waals surface area contributed by atoms with Crippen LogP contribution in [0.25, 0.3) is 0 Å². The molecule has 1 aromatic rings. The van der Waals surface area contributed by atoms with Gasteiger partial charge in [-0.2, -0.15) is 0 Å². The Morgan fingerprint density at radius 1 is 1.80 bits per heavy atom. The molecule has 0 bridgehead atoms. The average Bonchev–Trinajstić information content (AvgIpc) is 2.84. The molecule has 0 aliphatic carbocycles. The Kier molecular flexibility index (Phi) is 3.30. The molecular weight excluding hydrogens is 214 g/mol. The number of aromatic nitrogens is 1. The van der Waals surface area contributed by atoms with Gasteiger partial charge < -0.3 is 15.7 Å². The van der Waals surface area contributed by atoms with E-state index in [1.807, 2.05) is 0 Å². The first-order valence-corrected chi connectivity index (χ1v) is 5.70. The zero-order valence-electron chi connectivity index (χ0n) is 8.14. The number of β-amino-alcohol motifs (C(OH)–C–C–N with tert-alkyl or cyclic N) is 1. The van der Waals surface area contributed by atoms with Gasteiger partial charge in [-0.3, -0.25) is 9.78 Å². The summed E-state index contributed by atoms with van der Waals surface area (Å²) in [6, 6.07) is -0.257. The summed E-state index contributed by atoms with van der Waals surface area (Å²) in [6.45, 7) is 1.01. The molecule has 5 nitrogen and oxygen atoms in total. The third-order valence-electron chi connectivity index (χ3n) is 2.34. The molecule has 2 unspecified atom stereocenters. The van der Waals surface area contributed by atoms with Crippen LogP contribution in [0.1, 0.15) is 11.3 Å². The summed E-state index contributed by atoms with van der Waals surface area (Å²) >= 11 is 1.51. The number of aliphatic hydroxyl groups is 1. The van der Waals surface area contributed by atoms with Gasteiger partial charge in [0.2, 0.25) is 5.91 Å². The van der Waals surface area contributed by atoms with Crippen molar-refractivity contribution in [2.45, 2.75) is 25.1 Å². The van der Waals surface area contributed by atoms with Gasteiger partial charge >= 0.3 is 0 Å². The van der Waals surface area contributed by atoms with Gasteiger partial charge in [0.1, 0.15) is 0 Å². The minimum atomic E-state index is -0.399. The normalized spacial score (nSPS) is 25.4. The molecule has 1 saturated heterocycles. The highest BCUT2D eigenvalue weighted by molar-refractivity contribution is 7.09. The molecule has 2 rings (SSSR count). The molecule has 0 spiro atoms. The molecule has 0 radical (unpaired) electrons. The first-order chi connectivity index (χ1) is 7.25. The predicted molar refractivity (Wildman–Crippen MR) is 56.4 cm³/mol. The number of carbonyl (C=O) groups is 1. The lowest BCUT2D eigenvalue weighted by atomic mass is 10.2. The molecule has 1 amide bonds. The Bertz CT molecular complexity index is 328. The van der Waals surface area contributed by atoms with Crippen molar-refractivity contribution in [1.29, 1.82) is 0 Å². The predicted octanol–water partition coefficient (Wildman–Crippen LogP) is -0.518. The quantitative estimate of drug-likeness (QED) is 0.650. The highest BCUT2D eigenvalue weighted by Crippen LogP contribution is 2.08. The fraction of sp³-hybridized carbons (Fsp3) is 0.556. The standard InChI is InChI=1S/C9H13N3O2S/c13-6-1-8(11-2-6)9(14)12-4-7-3-10-5-15-7/h3,5-6,8,11,13H,1-2,4H2,(H,12,14). The number of carbonyl (C=O) groups excluding carboxylic acids is 1. The Morgan fingerprint density at radius 2 is 2.67 bits per heavy atom. The van der Waals surface area contributed by atoms with Crippen molar-refractivity contribution in [3.63, 3.8) is 0 Å². The summed E-state index contributed by atoms with van der Waals surface area (Å²) in [5.74, 6) is -0.0556. The fourth-order valence-electron chi connectivity index (χ4n) is 1.54. The van der Waals surface area contributed by atoms with Crippen molar-refractivity contribution in [1.82, 2.24) is 15.6 Å². The summed E-state index contributed by atoms with van der Waals surface area (Å²) in [5.41, 5.74) is 1.74. The summed E-state index contributed by atoms with van der Waals surface area (Å²) in [7, 11) is 0. The molecule has 15 heavy (non-hydrogen) atoms. The van der Waals surface area contributed by atoms with Crippen LogP contribution < -0.4 is 10.6 Å². The van der Waals surface area contributed by atoms with E-state index in [1.54, 1.807) is 11.7 Å². The third kappa shape index (κ3) is 2.74. The number of nitrogens with zero attached hydrogens (tertiary/aromatic N) is 1. The molecule has 0 aromatic carbocycles. The molecule has 0 saturated carbocycles. The van der Waals surface area contributed by atoms with Crippen molar-refractivity contribution in [2.75, 3.05) is 6.54 Å². The summed E-state index contributed by atoms with van der Waals surface area (Å²) in [6.07, 6.45) is 1.83. The van der Waals surface area contributed by atoms with Crippen LogP contribution in [-0.2, 0) is 11.3 Å². The van der Waals surface area contributed by atoms with Crippen molar-refractivity contribution < 1.29 is 9.90 Å². The molecule has 2 heterocycles. The Hall–Kier alpha value is -0.980. The summed E-state index contributed by atoms with van der Waals surface area (Å²) in [5, 5.41) is 15.0. The van der Waals surface area contributed by atoms with Crippen LogP contribution >= 0.6 is 11.3 Å². The van der Waals surface area contributed by atoms with Crippen molar-refractivity contribution >= 4 is 17.2 Å². The van der Waals surface area contributed by atoms with Gasteiger partial charge in [0.05, 0.1) is 24.2 Å². The largest absolute Gasteiger partial charge is 0.392 e. The number of rotatable bonds is 3. The van der Waals surface area contributed by atoms with Gasteiger partial charge in [0.15, 0.2) is 0 Å². The zero-order chi connectivity index (χ0) is 10.7. The van der Waals surface area contributed by atoms with E-state index in [4.69, 9.17) is 0 Å². The topological polar surface area (TPSA) is 74.2 Å².